The van der Waals surface area contributed by atoms with Crippen LogP contribution < -0.4 is 10.6 Å². The van der Waals surface area contributed by atoms with Gasteiger partial charge in [0, 0.05) is 41.0 Å². The second-order valence-corrected chi connectivity index (χ2v) is 6.59. The Morgan fingerprint density at radius 3 is 2.95 bits per heavy atom. The van der Waals surface area contributed by atoms with Crippen molar-refractivity contribution in [3.63, 3.8) is 0 Å². The third kappa shape index (κ3) is 2.67. The first-order valence-corrected chi connectivity index (χ1v) is 7.65. The highest BCUT2D eigenvalue weighted by atomic mass is 32.1. The molecule has 3 heteroatoms. The number of nitrogens with one attached hydrogen (secondary N) is 2. The van der Waals surface area contributed by atoms with Gasteiger partial charge in [-0.15, -0.1) is 11.3 Å². The largest absolute Gasteiger partial charge is 0.384 e. The lowest BCUT2D eigenvalue weighted by Crippen LogP contribution is -2.21. The first kappa shape index (κ1) is 12.7. The third-order valence-electron chi connectivity index (χ3n) is 3.85. The second kappa shape index (κ2) is 5.35. The molecule has 3 rings (SSSR count). The zero-order valence-electron chi connectivity index (χ0n) is 11.5. The van der Waals surface area contributed by atoms with E-state index in [4.69, 9.17) is 0 Å². The van der Waals surface area contributed by atoms with Crippen LogP contribution in [0.5, 0.6) is 0 Å². The average Bonchev–Trinajstić information content (AvgIpc) is 2.95. The van der Waals surface area contributed by atoms with E-state index >= 15 is 0 Å². The van der Waals surface area contributed by atoms with Crippen molar-refractivity contribution in [2.24, 2.45) is 0 Å². The molecule has 0 saturated carbocycles. The molecule has 0 bridgehead atoms. The summed E-state index contributed by atoms with van der Waals surface area (Å²) in [7, 11) is 0. The fourth-order valence-electron chi connectivity index (χ4n) is 2.65. The number of rotatable bonds is 4. The number of thiophene rings is 1. The van der Waals surface area contributed by atoms with E-state index in [1.165, 1.54) is 26.6 Å². The van der Waals surface area contributed by atoms with Crippen molar-refractivity contribution in [2.75, 3.05) is 18.4 Å². The Balaban J connectivity index is 1.56. The van der Waals surface area contributed by atoms with Gasteiger partial charge in [-0.2, -0.15) is 0 Å². The summed E-state index contributed by atoms with van der Waals surface area (Å²) >= 11 is 1.90. The van der Waals surface area contributed by atoms with Gasteiger partial charge in [0.05, 0.1) is 0 Å². The molecule has 2 aromatic rings. The van der Waals surface area contributed by atoms with E-state index in [2.05, 4.69) is 54.8 Å². The van der Waals surface area contributed by atoms with Crippen molar-refractivity contribution in [3.8, 4) is 0 Å². The van der Waals surface area contributed by atoms with Crippen LogP contribution in [0.2, 0.25) is 0 Å². The van der Waals surface area contributed by atoms with Crippen LogP contribution in [0.3, 0.4) is 0 Å². The molecule has 0 spiro atoms. The first-order chi connectivity index (χ1) is 9.24. The van der Waals surface area contributed by atoms with Gasteiger partial charge >= 0.3 is 0 Å². The van der Waals surface area contributed by atoms with Crippen LogP contribution in [0.25, 0.3) is 0 Å². The Morgan fingerprint density at radius 1 is 1.32 bits per heavy atom. The molecule has 1 atom stereocenters. The Kier molecular flexibility index (Phi) is 3.58. The molecule has 1 aliphatic heterocycles. The molecule has 100 valence electrons. The summed E-state index contributed by atoms with van der Waals surface area (Å²) in [5, 5.41) is 7.07. The van der Waals surface area contributed by atoms with E-state index in [1.54, 1.807) is 0 Å². The lowest BCUT2D eigenvalue weighted by molar-refractivity contribution is 0.617. The third-order valence-corrected chi connectivity index (χ3v) is 5.00. The summed E-state index contributed by atoms with van der Waals surface area (Å²) in [6.45, 7) is 7.46. The predicted molar refractivity (Wildman–Crippen MR) is 83.2 cm³/mol. The van der Waals surface area contributed by atoms with Crippen molar-refractivity contribution >= 4 is 17.0 Å². The Hall–Kier alpha value is -1.32. The normalized spacial score (nSPS) is 17.3. The molecular weight excluding hydrogens is 252 g/mol. The minimum Gasteiger partial charge on any atom is -0.384 e. The molecule has 0 fully saturated rings. The van der Waals surface area contributed by atoms with E-state index in [1.807, 2.05) is 11.3 Å². The Morgan fingerprint density at radius 2 is 2.16 bits per heavy atom. The van der Waals surface area contributed by atoms with E-state index in [-0.39, 0.29) is 0 Å². The van der Waals surface area contributed by atoms with Gasteiger partial charge in [-0.05, 0) is 37.1 Å². The van der Waals surface area contributed by atoms with Crippen LogP contribution in [0.15, 0.2) is 30.3 Å². The molecule has 1 unspecified atom stereocenters. The monoisotopic (exact) mass is 272 g/mol. The van der Waals surface area contributed by atoms with Crippen LogP contribution in [0.4, 0.5) is 5.69 Å². The molecule has 0 amide bonds. The first-order valence-electron chi connectivity index (χ1n) is 6.83. The van der Waals surface area contributed by atoms with Gasteiger partial charge in [-0.3, -0.25) is 0 Å². The number of hydrogen-bond acceptors (Lipinski definition) is 3. The molecule has 1 aliphatic rings. The number of anilines is 1. The molecule has 1 aromatic carbocycles. The van der Waals surface area contributed by atoms with E-state index in [0.29, 0.717) is 5.92 Å². The molecule has 2 heterocycles. The molecular formula is C16H20N2S. The van der Waals surface area contributed by atoms with Gasteiger partial charge in [0.2, 0.25) is 0 Å². The summed E-state index contributed by atoms with van der Waals surface area (Å²) in [5.74, 6) is 0.596. The maximum absolute atomic E-state index is 3.60. The summed E-state index contributed by atoms with van der Waals surface area (Å²) < 4.78 is 0. The summed E-state index contributed by atoms with van der Waals surface area (Å²) in [6, 6.07) is 10.9. The zero-order chi connectivity index (χ0) is 13.2. The topological polar surface area (TPSA) is 24.1 Å². The molecule has 0 radical (unpaired) electrons. The Bertz CT molecular complexity index is 554. The minimum absolute atomic E-state index is 0.596. The van der Waals surface area contributed by atoms with Crippen LogP contribution in [0, 0.1) is 13.8 Å². The van der Waals surface area contributed by atoms with Gasteiger partial charge < -0.3 is 10.6 Å². The average molecular weight is 272 g/mol. The second-order valence-electron chi connectivity index (χ2n) is 5.25. The highest BCUT2D eigenvalue weighted by Crippen LogP contribution is 2.30. The van der Waals surface area contributed by atoms with Crippen molar-refractivity contribution in [2.45, 2.75) is 26.3 Å². The quantitative estimate of drug-likeness (QED) is 0.887. The van der Waals surface area contributed by atoms with Gasteiger partial charge in [0.25, 0.3) is 0 Å². The zero-order valence-corrected chi connectivity index (χ0v) is 12.3. The molecule has 2 nitrogen and oxygen atoms in total. The molecule has 0 saturated heterocycles. The SMILES string of the molecule is Cc1cc(CNCC2CNc3ccccc32)sc1C. The van der Waals surface area contributed by atoms with Gasteiger partial charge in [0.1, 0.15) is 0 Å². The van der Waals surface area contributed by atoms with Crippen LogP contribution >= 0.6 is 11.3 Å². The molecule has 1 aromatic heterocycles. The van der Waals surface area contributed by atoms with Crippen LogP contribution in [-0.4, -0.2) is 13.1 Å². The van der Waals surface area contributed by atoms with Crippen molar-refractivity contribution in [1.82, 2.24) is 5.32 Å². The van der Waals surface area contributed by atoms with Crippen LogP contribution in [0.1, 0.15) is 26.8 Å². The molecule has 2 N–H and O–H groups in total. The van der Waals surface area contributed by atoms with E-state index in [0.717, 1.165) is 19.6 Å². The predicted octanol–water partition coefficient (Wildman–Crippen LogP) is 3.66. The Labute approximate surface area is 118 Å². The van der Waals surface area contributed by atoms with Gasteiger partial charge in [-0.25, -0.2) is 0 Å². The van der Waals surface area contributed by atoms with Crippen molar-refractivity contribution < 1.29 is 0 Å². The highest BCUT2D eigenvalue weighted by molar-refractivity contribution is 7.12. The maximum Gasteiger partial charge on any atom is 0.0376 e. The smallest absolute Gasteiger partial charge is 0.0376 e. The van der Waals surface area contributed by atoms with Gasteiger partial charge in [0.15, 0.2) is 0 Å². The molecule has 0 aliphatic carbocycles. The fourth-order valence-corrected chi connectivity index (χ4v) is 3.67. The van der Waals surface area contributed by atoms with E-state index < -0.39 is 0 Å². The van der Waals surface area contributed by atoms with E-state index in [9.17, 15) is 0 Å². The maximum atomic E-state index is 3.60. The highest BCUT2D eigenvalue weighted by Gasteiger charge is 2.20. The number of hydrogen-bond donors (Lipinski definition) is 2. The number of benzene rings is 1. The lowest BCUT2D eigenvalue weighted by atomic mass is 10.0. The van der Waals surface area contributed by atoms with Crippen molar-refractivity contribution in [1.29, 1.82) is 0 Å². The number of aryl methyl sites for hydroxylation is 2. The minimum atomic E-state index is 0.596. The number of para-hydroxylation sites is 1. The molecule has 19 heavy (non-hydrogen) atoms. The fraction of sp³-hybridized carbons (Fsp3) is 0.375. The summed E-state index contributed by atoms with van der Waals surface area (Å²) in [5.41, 5.74) is 4.17. The summed E-state index contributed by atoms with van der Waals surface area (Å²) in [6.07, 6.45) is 0. The van der Waals surface area contributed by atoms with Crippen LogP contribution in [-0.2, 0) is 6.54 Å². The number of fused-ring (bicyclic) bond motifs is 1. The van der Waals surface area contributed by atoms with Gasteiger partial charge in [-0.1, -0.05) is 18.2 Å². The summed E-state index contributed by atoms with van der Waals surface area (Å²) in [4.78, 5) is 2.87. The lowest BCUT2D eigenvalue weighted by Gasteiger charge is -2.10. The van der Waals surface area contributed by atoms with Crippen molar-refractivity contribution in [3.05, 3.63) is 51.2 Å². The standard InChI is InChI=1S/C16H20N2S/c1-11-7-14(19-12(11)2)10-17-8-13-9-18-16-6-4-3-5-15(13)16/h3-7,13,17-18H,8-10H2,1-2H3.